The summed E-state index contributed by atoms with van der Waals surface area (Å²) in [5.74, 6) is 1.48. The van der Waals surface area contributed by atoms with Crippen LogP contribution >= 0.6 is 11.8 Å². The van der Waals surface area contributed by atoms with Crippen molar-refractivity contribution in [1.29, 1.82) is 0 Å². The SMILES string of the molecule is CC(Cc1ccccc1)(SCCC1COc2c(OCC(=O)O)cccc21)c1ccccc1. The molecule has 1 heterocycles. The predicted molar refractivity (Wildman–Crippen MR) is 129 cm³/mol. The van der Waals surface area contributed by atoms with E-state index in [1.54, 1.807) is 6.07 Å². The third-order valence-corrected chi connectivity index (χ3v) is 7.34. The molecule has 0 aliphatic carbocycles. The summed E-state index contributed by atoms with van der Waals surface area (Å²) in [4.78, 5) is 10.9. The molecule has 3 aromatic carbocycles. The molecule has 4 rings (SSSR count). The highest BCUT2D eigenvalue weighted by molar-refractivity contribution is 8.00. The Morgan fingerprint density at radius 3 is 2.50 bits per heavy atom. The molecule has 4 nitrogen and oxygen atoms in total. The summed E-state index contributed by atoms with van der Waals surface area (Å²) in [6.45, 7) is 2.57. The fourth-order valence-corrected chi connectivity index (χ4v) is 5.64. The average molecular weight is 449 g/mol. The molecule has 2 unspecified atom stereocenters. The first kappa shape index (κ1) is 22.3. The van der Waals surface area contributed by atoms with Gasteiger partial charge in [-0.25, -0.2) is 4.79 Å². The van der Waals surface area contributed by atoms with Gasteiger partial charge < -0.3 is 14.6 Å². The number of carboxylic acid groups (broad SMARTS) is 1. The van der Waals surface area contributed by atoms with Gasteiger partial charge in [-0.05, 0) is 42.7 Å². The van der Waals surface area contributed by atoms with Crippen LogP contribution in [0, 0.1) is 0 Å². The quantitative estimate of drug-likeness (QED) is 0.418. The van der Waals surface area contributed by atoms with Gasteiger partial charge in [0.1, 0.15) is 0 Å². The van der Waals surface area contributed by atoms with E-state index >= 15 is 0 Å². The number of rotatable bonds is 10. The topological polar surface area (TPSA) is 55.8 Å². The summed E-state index contributed by atoms with van der Waals surface area (Å²) in [5.41, 5.74) is 3.78. The van der Waals surface area contributed by atoms with Gasteiger partial charge in [-0.2, -0.15) is 11.8 Å². The van der Waals surface area contributed by atoms with Gasteiger partial charge in [0.2, 0.25) is 0 Å². The smallest absolute Gasteiger partial charge is 0.341 e. The van der Waals surface area contributed by atoms with Gasteiger partial charge in [0.25, 0.3) is 0 Å². The molecule has 1 aliphatic heterocycles. The zero-order valence-corrected chi connectivity index (χ0v) is 19.0. The maximum atomic E-state index is 10.9. The van der Waals surface area contributed by atoms with Crippen LogP contribution in [0.4, 0.5) is 0 Å². The Labute approximate surface area is 193 Å². The second-order valence-electron chi connectivity index (χ2n) is 8.26. The Bertz CT molecular complexity index is 1040. The number of carbonyl (C=O) groups is 1. The Balaban J connectivity index is 1.44. The summed E-state index contributed by atoms with van der Waals surface area (Å²) in [6, 6.07) is 27.1. The van der Waals surface area contributed by atoms with E-state index in [0.717, 1.165) is 24.2 Å². The van der Waals surface area contributed by atoms with E-state index in [1.165, 1.54) is 11.1 Å². The lowest BCUT2D eigenvalue weighted by Crippen LogP contribution is -2.22. The maximum absolute atomic E-state index is 10.9. The zero-order chi connectivity index (χ0) is 22.4. The Kier molecular flexibility index (Phi) is 7.05. The van der Waals surface area contributed by atoms with Crippen LogP contribution < -0.4 is 9.47 Å². The minimum atomic E-state index is -0.993. The number of carboxylic acids is 1. The number of para-hydroxylation sites is 1. The van der Waals surface area contributed by atoms with Crippen molar-refractivity contribution in [2.24, 2.45) is 0 Å². The molecule has 2 atom stereocenters. The molecule has 32 heavy (non-hydrogen) atoms. The standard InChI is InChI=1S/C27H28O4S/c1-27(22-11-6-3-7-12-22,17-20-9-4-2-5-10-20)32-16-15-21-18-31-26-23(21)13-8-14-24(26)30-19-25(28)29/h2-14,21H,15-19H2,1H3,(H,28,29). The average Bonchev–Trinajstić information content (AvgIpc) is 3.22. The third-order valence-electron chi connectivity index (χ3n) is 5.88. The second kappa shape index (κ2) is 10.1. The predicted octanol–water partition coefficient (Wildman–Crippen LogP) is 5.91. The summed E-state index contributed by atoms with van der Waals surface area (Å²) < 4.78 is 11.3. The number of benzene rings is 3. The number of aliphatic carboxylic acids is 1. The van der Waals surface area contributed by atoms with E-state index in [2.05, 4.69) is 73.7 Å². The molecule has 0 amide bonds. The molecule has 0 aromatic heterocycles. The number of ether oxygens (including phenoxy) is 2. The highest BCUT2D eigenvalue weighted by atomic mass is 32.2. The van der Waals surface area contributed by atoms with Gasteiger partial charge in [-0.15, -0.1) is 0 Å². The summed E-state index contributed by atoms with van der Waals surface area (Å²) in [6.07, 6.45) is 1.95. The van der Waals surface area contributed by atoms with E-state index in [9.17, 15) is 4.79 Å². The molecule has 0 radical (unpaired) electrons. The molecule has 5 heteroatoms. The molecular formula is C27H28O4S. The van der Waals surface area contributed by atoms with Gasteiger partial charge in [-0.1, -0.05) is 72.8 Å². The molecule has 1 N–H and O–H groups in total. The molecule has 0 saturated carbocycles. The van der Waals surface area contributed by atoms with Crippen LogP contribution in [0.25, 0.3) is 0 Å². The number of thioether (sulfide) groups is 1. The van der Waals surface area contributed by atoms with E-state index in [1.807, 2.05) is 17.8 Å². The first-order valence-corrected chi connectivity index (χ1v) is 11.9. The fourth-order valence-electron chi connectivity index (χ4n) is 4.21. The van der Waals surface area contributed by atoms with Crippen LogP contribution in [0.5, 0.6) is 11.5 Å². The van der Waals surface area contributed by atoms with Gasteiger partial charge in [0.15, 0.2) is 18.1 Å². The Hall–Kier alpha value is -2.92. The van der Waals surface area contributed by atoms with Crippen molar-refractivity contribution in [1.82, 2.24) is 0 Å². The summed E-state index contributed by atoms with van der Waals surface area (Å²) >= 11 is 1.99. The number of hydrogen-bond donors (Lipinski definition) is 1. The second-order valence-corrected chi connectivity index (χ2v) is 9.86. The first-order valence-electron chi connectivity index (χ1n) is 10.9. The van der Waals surface area contributed by atoms with Crippen molar-refractivity contribution >= 4 is 17.7 Å². The van der Waals surface area contributed by atoms with Gasteiger partial charge in [-0.3, -0.25) is 0 Å². The van der Waals surface area contributed by atoms with Gasteiger partial charge in [0.05, 0.1) is 6.61 Å². The van der Waals surface area contributed by atoms with Crippen LogP contribution in [0.15, 0.2) is 78.9 Å². The number of fused-ring (bicyclic) bond motifs is 1. The third kappa shape index (κ3) is 5.28. The molecule has 3 aromatic rings. The van der Waals surface area contributed by atoms with Gasteiger partial charge >= 0.3 is 5.97 Å². The molecule has 0 fully saturated rings. The summed E-state index contributed by atoms with van der Waals surface area (Å²) in [5, 5.41) is 8.90. The molecule has 0 saturated heterocycles. The number of hydrogen-bond acceptors (Lipinski definition) is 4. The monoisotopic (exact) mass is 448 g/mol. The lowest BCUT2D eigenvalue weighted by molar-refractivity contribution is -0.139. The Morgan fingerprint density at radius 2 is 1.78 bits per heavy atom. The van der Waals surface area contributed by atoms with Crippen LogP contribution in [0.3, 0.4) is 0 Å². The summed E-state index contributed by atoms with van der Waals surface area (Å²) in [7, 11) is 0. The largest absolute Gasteiger partial charge is 0.489 e. The highest BCUT2D eigenvalue weighted by Gasteiger charge is 2.31. The van der Waals surface area contributed by atoms with Crippen molar-refractivity contribution in [2.45, 2.75) is 30.4 Å². The maximum Gasteiger partial charge on any atom is 0.341 e. The van der Waals surface area contributed by atoms with Crippen molar-refractivity contribution in [3.63, 3.8) is 0 Å². The highest BCUT2D eigenvalue weighted by Crippen LogP contribution is 2.45. The van der Waals surface area contributed by atoms with Crippen LogP contribution in [-0.4, -0.2) is 30.0 Å². The molecule has 0 spiro atoms. The van der Waals surface area contributed by atoms with E-state index < -0.39 is 5.97 Å². The first-order chi connectivity index (χ1) is 15.5. The minimum absolute atomic E-state index is 0.0304. The van der Waals surface area contributed by atoms with Crippen LogP contribution in [0.2, 0.25) is 0 Å². The van der Waals surface area contributed by atoms with Crippen molar-refractivity contribution < 1.29 is 19.4 Å². The zero-order valence-electron chi connectivity index (χ0n) is 18.2. The van der Waals surface area contributed by atoms with Crippen molar-refractivity contribution in [2.75, 3.05) is 19.0 Å². The van der Waals surface area contributed by atoms with Crippen molar-refractivity contribution in [3.8, 4) is 11.5 Å². The molecular weight excluding hydrogens is 420 g/mol. The lowest BCUT2D eigenvalue weighted by Gasteiger charge is -2.30. The minimum Gasteiger partial charge on any atom is -0.489 e. The molecule has 0 bridgehead atoms. The molecule has 166 valence electrons. The lowest BCUT2D eigenvalue weighted by atomic mass is 9.93. The van der Waals surface area contributed by atoms with E-state index in [0.29, 0.717) is 18.1 Å². The van der Waals surface area contributed by atoms with Crippen LogP contribution in [0.1, 0.15) is 36.0 Å². The van der Waals surface area contributed by atoms with Gasteiger partial charge in [0, 0.05) is 16.2 Å². The fraction of sp³-hybridized carbons (Fsp3) is 0.296. The Morgan fingerprint density at radius 1 is 1.06 bits per heavy atom. The normalized spacial score (nSPS) is 16.6. The van der Waals surface area contributed by atoms with Crippen LogP contribution in [-0.2, 0) is 16.0 Å². The van der Waals surface area contributed by atoms with Crippen molar-refractivity contribution in [3.05, 3.63) is 95.6 Å². The van der Waals surface area contributed by atoms with E-state index in [4.69, 9.17) is 14.6 Å². The molecule has 1 aliphatic rings. The van der Waals surface area contributed by atoms with E-state index in [-0.39, 0.29) is 17.3 Å².